The predicted octanol–water partition coefficient (Wildman–Crippen LogP) is 4.29. The van der Waals surface area contributed by atoms with Crippen molar-refractivity contribution in [3.05, 3.63) is 66.7 Å². The van der Waals surface area contributed by atoms with Gasteiger partial charge in [-0.3, -0.25) is 4.79 Å². The van der Waals surface area contributed by atoms with Crippen molar-refractivity contribution in [3.63, 3.8) is 0 Å². The highest BCUT2D eigenvalue weighted by atomic mass is 16.5. The molecule has 0 fully saturated rings. The summed E-state index contributed by atoms with van der Waals surface area (Å²) in [5.41, 5.74) is 1.68. The van der Waals surface area contributed by atoms with Crippen molar-refractivity contribution < 1.29 is 9.53 Å². The van der Waals surface area contributed by atoms with Crippen LogP contribution in [-0.4, -0.2) is 19.1 Å². The molecule has 24 heavy (non-hydrogen) atoms. The van der Waals surface area contributed by atoms with Gasteiger partial charge in [0.15, 0.2) is 0 Å². The Hall–Kier alpha value is -3.01. The van der Waals surface area contributed by atoms with Crippen LogP contribution in [-0.2, 0) is 4.79 Å². The molecular formula is C20H20N2O2. The van der Waals surface area contributed by atoms with Crippen molar-refractivity contribution in [1.29, 1.82) is 0 Å². The number of anilines is 2. The molecule has 2 N–H and O–H groups in total. The first-order valence-electron chi connectivity index (χ1n) is 8.00. The fourth-order valence-corrected chi connectivity index (χ4v) is 2.59. The minimum atomic E-state index is -0.100. The standard InChI is InChI=1S/C20H20N2O2/c1-2-24-17-10-6-9-16(13-17)22-20(23)14-21-19-12-5-8-15-7-3-4-11-18(15)19/h3-13,21H,2,14H2,1H3,(H,22,23). The molecule has 3 aromatic carbocycles. The first-order chi connectivity index (χ1) is 11.8. The van der Waals surface area contributed by atoms with Crippen LogP contribution >= 0.6 is 0 Å². The number of carbonyl (C=O) groups excluding carboxylic acids is 1. The van der Waals surface area contributed by atoms with Crippen LogP contribution in [0.25, 0.3) is 10.8 Å². The topological polar surface area (TPSA) is 50.4 Å². The zero-order valence-corrected chi connectivity index (χ0v) is 13.6. The highest BCUT2D eigenvalue weighted by Gasteiger charge is 2.05. The number of hydrogen-bond acceptors (Lipinski definition) is 3. The van der Waals surface area contributed by atoms with Gasteiger partial charge in [-0.15, -0.1) is 0 Å². The van der Waals surface area contributed by atoms with Gasteiger partial charge in [-0.25, -0.2) is 0 Å². The number of rotatable bonds is 6. The lowest BCUT2D eigenvalue weighted by Gasteiger charge is -2.11. The second-order valence-corrected chi connectivity index (χ2v) is 5.39. The van der Waals surface area contributed by atoms with E-state index in [1.165, 1.54) is 0 Å². The van der Waals surface area contributed by atoms with E-state index in [0.717, 1.165) is 27.9 Å². The monoisotopic (exact) mass is 320 g/mol. The summed E-state index contributed by atoms with van der Waals surface area (Å²) < 4.78 is 5.44. The average molecular weight is 320 g/mol. The molecule has 3 rings (SSSR count). The van der Waals surface area contributed by atoms with E-state index in [2.05, 4.69) is 22.8 Å². The molecule has 3 aromatic rings. The molecule has 0 aliphatic rings. The number of fused-ring (bicyclic) bond motifs is 1. The quantitative estimate of drug-likeness (QED) is 0.712. The Bertz CT molecular complexity index is 840. The van der Waals surface area contributed by atoms with E-state index in [1.54, 1.807) is 0 Å². The highest BCUT2D eigenvalue weighted by molar-refractivity contribution is 5.98. The van der Waals surface area contributed by atoms with Gasteiger partial charge in [0.2, 0.25) is 5.91 Å². The Labute approximate surface area is 141 Å². The third-order valence-electron chi connectivity index (χ3n) is 3.66. The number of ether oxygens (including phenoxy) is 1. The molecule has 0 aliphatic carbocycles. The molecule has 1 amide bonds. The van der Waals surface area contributed by atoms with Crippen molar-refractivity contribution >= 4 is 28.1 Å². The van der Waals surface area contributed by atoms with Gasteiger partial charge in [0, 0.05) is 22.8 Å². The molecular weight excluding hydrogens is 300 g/mol. The van der Waals surface area contributed by atoms with Crippen molar-refractivity contribution in [2.24, 2.45) is 0 Å². The van der Waals surface area contributed by atoms with Gasteiger partial charge in [0.1, 0.15) is 5.75 Å². The number of nitrogens with one attached hydrogen (secondary N) is 2. The molecule has 122 valence electrons. The molecule has 0 aliphatic heterocycles. The maximum atomic E-state index is 12.2. The first kappa shape index (κ1) is 15.9. The molecule has 0 bridgehead atoms. The van der Waals surface area contributed by atoms with Crippen LogP contribution in [0.15, 0.2) is 66.7 Å². The molecule has 0 aromatic heterocycles. The third-order valence-corrected chi connectivity index (χ3v) is 3.66. The van der Waals surface area contributed by atoms with Crippen LogP contribution in [0.4, 0.5) is 11.4 Å². The van der Waals surface area contributed by atoms with Crippen LogP contribution in [0.1, 0.15) is 6.92 Å². The summed E-state index contributed by atoms with van der Waals surface area (Å²) in [6.07, 6.45) is 0. The molecule has 0 radical (unpaired) electrons. The SMILES string of the molecule is CCOc1cccc(NC(=O)CNc2cccc3ccccc23)c1. The summed E-state index contributed by atoms with van der Waals surface area (Å²) in [4.78, 5) is 12.2. The number of hydrogen-bond donors (Lipinski definition) is 2. The first-order valence-corrected chi connectivity index (χ1v) is 8.00. The minimum Gasteiger partial charge on any atom is -0.494 e. The number of carbonyl (C=O) groups is 1. The molecule has 0 heterocycles. The lowest BCUT2D eigenvalue weighted by molar-refractivity contribution is -0.114. The Morgan fingerprint density at radius 3 is 2.67 bits per heavy atom. The molecule has 0 atom stereocenters. The van der Waals surface area contributed by atoms with Gasteiger partial charge < -0.3 is 15.4 Å². The van der Waals surface area contributed by atoms with Crippen molar-refractivity contribution in [1.82, 2.24) is 0 Å². The van der Waals surface area contributed by atoms with E-state index in [0.29, 0.717) is 6.61 Å². The fourth-order valence-electron chi connectivity index (χ4n) is 2.59. The number of amides is 1. The Balaban J connectivity index is 1.64. The van der Waals surface area contributed by atoms with Crippen LogP contribution < -0.4 is 15.4 Å². The summed E-state index contributed by atoms with van der Waals surface area (Å²) in [6, 6.07) is 21.5. The largest absolute Gasteiger partial charge is 0.494 e. The zero-order chi connectivity index (χ0) is 16.8. The normalized spacial score (nSPS) is 10.4. The molecule has 4 nitrogen and oxygen atoms in total. The molecule has 0 unspecified atom stereocenters. The van der Waals surface area contributed by atoms with E-state index >= 15 is 0 Å². The van der Waals surface area contributed by atoms with E-state index in [9.17, 15) is 4.79 Å². The van der Waals surface area contributed by atoms with Crippen LogP contribution in [0.2, 0.25) is 0 Å². The van der Waals surface area contributed by atoms with E-state index in [-0.39, 0.29) is 12.5 Å². The predicted molar refractivity (Wildman–Crippen MR) is 98.7 cm³/mol. The Morgan fingerprint density at radius 2 is 1.79 bits per heavy atom. The maximum absolute atomic E-state index is 12.2. The highest BCUT2D eigenvalue weighted by Crippen LogP contribution is 2.23. The maximum Gasteiger partial charge on any atom is 0.243 e. The molecule has 0 saturated heterocycles. The molecule has 4 heteroatoms. The van der Waals surface area contributed by atoms with Crippen molar-refractivity contribution in [3.8, 4) is 5.75 Å². The third kappa shape index (κ3) is 3.84. The second kappa shape index (κ2) is 7.51. The van der Waals surface area contributed by atoms with Gasteiger partial charge in [-0.1, -0.05) is 42.5 Å². The summed E-state index contributed by atoms with van der Waals surface area (Å²) in [7, 11) is 0. The lowest BCUT2D eigenvalue weighted by Crippen LogP contribution is -2.21. The van der Waals surface area contributed by atoms with Crippen molar-refractivity contribution in [2.75, 3.05) is 23.8 Å². The van der Waals surface area contributed by atoms with Gasteiger partial charge in [-0.2, -0.15) is 0 Å². The van der Waals surface area contributed by atoms with Crippen LogP contribution in [0.5, 0.6) is 5.75 Å². The van der Waals surface area contributed by atoms with Crippen LogP contribution in [0, 0.1) is 0 Å². The Morgan fingerprint density at radius 1 is 1.00 bits per heavy atom. The van der Waals surface area contributed by atoms with E-state index < -0.39 is 0 Å². The summed E-state index contributed by atoms with van der Waals surface area (Å²) in [5, 5.41) is 8.33. The molecule has 0 spiro atoms. The minimum absolute atomic E-state index is 0.100. The van der Waals surface area contributed by atoms with Crippen molar-refractivity contribution in [2.45, 2.75) is 6.92 Å². The fraction of sp³-hybridized carbons (Fsp3) is 0.150. The summed E-state index contributed by atoms with van der Waals surface area (Å²) >= 11 is 0. The van der Waals surface area contributed by atoms with Gasteiger partial charge >= 0.3 is 0 Å². The summed E-state index contributed by atoms with van der Waals surface area (Å²) in [5.74, 6) is 0.647. The average Bonchev–Trinajstić information content (AvgIpc) is 2.60. The zero-order valence-electron chi connectivity index (χ0n) is 13.6. The van der Waals surface area contributed by atoms with Gasteiger partial charge in [0.05, 0.1) is 13.2 Å². The molecule has 0 saturated carbocycles. The van der Waals surface area contributed by atoms with E-state index in [1.807, 2.05) is 61.5 Å². The van der Waals surface area contributed by atoms with E-state index in [4.69, 9.17) is 4.74 Å². The lowest BCUT2D eigenvalue weighted by atomic mass is 10.1. The Kier molecular flexibility index (Phi) is 4.96. The number of benzene rings is 3. The van der Waals surface area contributed by atoms with Gasteiger partial charge in [-0.05, 0) is 30.5 Å². The second-order valence-electron chi connectivity index (χ2n) is 5.39. The smallest absolute Gasteiger partial charge is 0.243 e. The van der Waals surface area contributed by atoms with Crippen LogP contribution in [0.3, 0.4) is 0 Å². The summed E-state index contributed by atoms with van der Waals surface area (Å²) in [6.45, 7) is 2.73. The van der Waals surface area contributed by atoms with Gasteiger partial charge in [0.25, 0.3) is 0 Å².